The number of likely N-dealkylation sites (tertiary alicyclic amines) is 1. The van der Waals surface area contributed by atoms with E-state index < -0.39 is 0 Å². The predicted molar refractivity (Wildman–Crippen MR) is 52.8 cm³/mol. The summed E-state index contributed by atoms with van der Waals surface area (Å²) >= 11 is 0. The van der Waals surface area contributed by atoms with Gasteiger partial charge in [-0.25, -0.2) is 0 Å². The highest BCUT2D eigenvalue weighted by Gasteiger charge is 2.22. The second-order valence-electron chi connectivity index (χ2n) is 4.38. The molecule has 2 rings (SSSR count). The molecule has 0 bridgehead atoms. The second kappa shape index (κ2) is 4.40. The lowest BCUT2D eigenvalue weighted by molar-refractivity contribution is 0.0647. The summed E-state index contributed by atoms with van der Waals surface area (Å²) in [5, 5.41) is 3.49. The topological polar surface area (TPSA) is 24.5 Å². The van der Waals surface area contributed by atoms with Crippen molar-refractivity contribution in [1.29, 1.82) is 0 Å². The zero-order valence-corrected chi connectivity index (χ0v) is 8.46. The van der Waals surface area contributed by atoms with Crippen molar-refractivity contribution in [2.75, 3.05) is 39.4 Å². The Hall–Kier alpha value is -0.120. The third-order valence-electron chi connectivity index (χ3n) is 2.99. The van der Waals surface area contributed by atoms with Crippen LogP contribution in [0.15, 0.2) is 0 Å². The predicted octanol–water partition coefficient (Wildman–Crippen LogP) is 0.317. The number of nitrogens with one attached hydrogen (secondary N) is 1. The summed E-state index contributed by atoms with van der Waals surface area (Å²) in [6, 6.07) is 0.569. The van der Waals surface area contributed by atoms with E-state index in [4.69, 9.17) is 4.74 Å². The summed E-state index contributed by atoms with van der Waals surface area (Å²) in [4.78, 5) is 2.55. The Morgan fingerprint density at radius 1 is 1.54 bits per heavy atom. The summed E-state index contributed by atoms with van der Waals surface area (Å²) in [7, 11) is 0. The van der Waals surface area contributed by atoms with Gasteiger partial charge in [-0.2, -0.15) is 0 Å². The summed E-state index contributed by atoms with van der Waals surface area (Å²) in [6.07, 6.45) is 1.37. The highest BCUT2D eigenvalue weighted by molar-refractivity contribution is 4.79. The number of hydrogen-bond acceptors (Lipinski definition) is 3. The molecule has 2 aliphatic rings. The summed E-state index contributed by atoms with van der Waals surface area (Å²) in [5.74, 6) is 0.893. The van der Waals surface area contributed by atoms with E-state index in [0.29, 0.717) is 6.04 Å². The molecule has 0 aromatic heterocycles. The van der Waals surface area contributed by atoms with E-state index in [9.17, 15) is 0 Å². The normalized spacial score (nSPS) is 36.7. The van der Waals surface area contributed by atoms with Gasteiger partial charge in [-0.3, -0.25) is 0 Å². The van der Waals surface area contributed by atoms with Crippen LogP contribution in [-0.2, 0) is 4.74 Å². The Kier molecular flexibility index (Phi) is 3.19. The molecular formula is C10H20N2O. The maximum absolute atomic E-state index is 5.43. The summed E-state index contributed by atoms with van der Waals surface area (Å²) in [6.45, 7) is 8.86. The molecule has 0 aliphatic carbocycles. The van der Waals surface area contributed by atoms with Crippen LogP contribution in [0.25, 0.3) is 0 Å². The van der Waals surface area contributed by atoms with Crippen LogP contribution in [0.2, 0.25) is 0 Å². The molecule has 3 heteroatoms. The molecule has 0 aromatic rings. The third-order valence-corrected chi connectivity index (χ3v) is 2.99. The molecule has 76 valence electrons. The molecule has 0 radical (unpaired) electrons. The molecule has 0 amide bonds. The SMILES string of the molecule is CC1CCN(CC2COCCN2)C1. The van der Waals surface area contributed by atoms with Crippen LogP contribution >= 0.6 is 0 Å². The fourth-order valence-electron chi connectivity index (χ4n) is 2.24. The third kappa shape index (κ3) is 2.66. The molecule has 2 unspecified atom stereocenters. The number of nitrogens with zero attached hydrogens (tertiary/aromatic N) is 1. The van der Waals surface area contributed by atoms with Gasteiger partial charge in [0.15, 0.2) is 0 Å². The van der Waals surface area contributed by atoms with Crippen LogP contribution in [0, 0.1) is 5.92 Å². The van der Waals surface area contributed by atoms with Crippen LogP contribution in [0.1, 0.15) is 13.3 Å². The minimum absolute atomic E-state index is 0.569. The molecular weight excluding hydrogens is 164 g/mol. The van der Waals surface area contributed by atoms with Crippen molar-refractivity contribution < 1.29 is 4.74 Å². The standard InChI is InChI=1S/C10H20N2O/c1-9-2-4-12(6-9)7-10-8-13-5-3-11-10/h9-11H,2-8H2,1H3. The highest BCUT2D eigenvalue weighted by Crippen LogP contribution is 2.15. The first-order valence-electron chi connectivity index (χ1n) is 5.38. The van der Waals surface area contributed by atoms with Crippen molar-refractivity contribution in [3.05, 3.63) is 0 Å². The van der Waals surface area contributed by atoms with Gasteiger partial charge in [-0.15, -0.1) is 0 Å². The molecule has 13 heavy (non-hydrogen) atoms. The Morgan fingerprint density at radius 3 is 3.08 bits per heavy atom. The number of ether oxygens (including phenoxy) is 1. The average Bonchev–Trinajstić information content (AvgIpc) is 2.53. The monoisotopic (exact) mass is 184 g/mol. The molecule has 2 atom stereocenters. The quantitative estimate of drug-likeness (QED) is 0.669. The maximum Gasteiger partial charge on any atom is 0.0632 e. The number of morpholine rings is 1. The minimum atomic E-state index is 0.569. The zero-order valence-electron chi connectivity index (χ0n) is 8.46. The van der Waals surface area contributed by atoms with Gasteiger partial charge >= 0.3 is 0 Å². The smallest absolute Gasteiger partial charge is 0.0632 e. The molecule has 3 nitrogen and oxygen atoms in total. The Balaban J connectivity index is 1.71. The molecule has 2 aliphatic heterocycles. The minimum Gasteiger partial charge on any atom is -0.378 e. The first-order chi connectivity index (χ1) is 6.34. The van der Waals surface area contributed by atoms with E-state index in [1.54, 1.807) is 0 Å². The molecule has 0 spiro atoms. The second-order valence-corrected chi connectivity index (χ2v) is 4.38. The van der Waals surface area contributed by atoms with Gasteiger partial charge in [-0.05, 0) is 18.9 Å². The Morgan fingerprint density at radius 2 is 2.46 bits per heavy atom. The number of hydrogen-bond donors (Lipinski definition) is 1. The van der Waals surface area contributed by atoms with Crippen LogP contribution in [0.5, 0.6) is 0 Å². The lowest BCUT2D eigenvalue weighted by atomic mass is 10.2. The fraction of sp³-hybridized carbons (Fsp3) is 1.00. The van der Waals surface area contributed by atoms with Crippen molar-refractivity contribution in [3.63, 3.8) is 0 Å². The van der Waals surface area contributed by atoms with Crippen LogP contribution < -0.4 is 5.32 Å². The van der Waals surface area contributed by atoms with Crippen LogP contribution in [-0.4, -0.2) is 50.3 Å². The van der Waals surface area contributed by atoms with Gasteiger partial charge in [0.25, 0.3) is 0 Å². The van der Waals surface area contributed by atoms with Crippen molar-refractivity contribution in [2.24, 2.45) is 5.92 Å². The van der Waals surface area contributed by atoms with Gasteiger partial charge < -0.3 is 15.0 Å². The Labute approximate surface area is 80.4 Å². The van der Waals surface area contributed by atoms with Gasteiger partial charge in [0.2, 0.25) is 0 Å². The fourth-order valence-corrected chi connectivity index (χ4v) is 2.24. The van der Waals surface area contributed by atoms with E-state index in [1.807, 2.05) is 0 Å². The molecule has 0 aromatic carbocycles. The van der Waals surface area contributed by atoms with E-state index in [0.717, 1.165) is 25.7 Å². The van der Waals surface area contributed by atoms with E-state index in [-0.39, 0.29) is 0 Å². The molecule has 0 saturated carbocycles. The van der Waals surface area contributed by atoms with Crippen LogP contribution in [0.4, 0.5) is 0 Å². The summed E-state index contributed by atoms with van der Waals surface area (Å²) in [5.41, 5.74) is 0. The van der Waals surface area contributed by atoms with E-state index in [1.165, 1.54) is 26.1 Å². The van der Waals surface area contributed by atoms with E-state index in [2.05, 4.69) is 17.1 Å². The Bertz CT molecular complexity index is 154. The molecule has 2 heterocycles. The van der Waals surface area contributed by atoms with Crippen LogP contribution in [0.3, 0.4) is 0 Å². The summed E-state index contributed by atoms with van der Waals surface area (Å²) < 4.78 is 5.43. The van der Waals surface area contributed by atoms with Crippen molar-refractivity contribution in [2.45, 2.75) is 19.4 Å². The van der Waals surface area contributed by atoms with Gasteiger partial charge in [0, 0.05) is 25.7 Å². The van der Waals surface area contributed by atoms with Crippen molar-refractivity contribution in [3.8, 4) is 0 Å². The highest BCUT2D eigenvalue weighted by atomic mass is 16.5. The number of rotatable bonds is 2. The first-order valence-corrected chi connectivity index (χ1v) is 5.38. The van der Waals surface area contributed by atoms with Crippen molar-refractivity contribution in [1.82, 2.24) is 10.2 Å². The largest absolute Gasteiger partial charge is 0.378 e. The maximum atomic E-state index is 5.43. The first kappa shape index (κ1) is 9.44. The van der Waals surface area contributed by atoms with E-state index >= 15 is 0 Å². The lowest BCUT2D eigenvalue weighted by Crippen LogP contribution is -2.47. The molecule has 2 fully saturated rings. The lowest BCUT2D eigenvalue weighted by Gasteiger charge is -2.28. The van der Waals surface area contributed by atoms with Gasteiger partial charge in [-0.1, -0.05) is 6.92 Å². The molecule has 1 N–H and O–H groups in total. The average molecular weight is 184 g/mol. The zero-order chi connectivity index (χ0) is 9.10. The van der Waals surface area contributed by atoms with Gasteiger partial charge in [0.1, 0.15) is 0 Å². The van der Waals surface area contributed by atoms with Crippen molar-refractivity contribution >= 4 is 0 Å². The van der Waals surface area contributed by atoms with Gasteiger partial charge in [0.05, 0.1) is 13.2 Å². The molecule has 2 saturated heterocycles.